The van der Waals surface area contributed by atoms with Crippen LogP contribution < -0.4 is 0 Å². The standard InChI is InChI=1S/C38H71NO11/c40-28-14-9-5-1-3-7-11-21-35(43)47-31-17-19-33-49-37(45)23-26-39(25-13-16-30-42)27-24-38(46)50-34-20-18-32-48-36(44)22-12-8-4-2-6-10-15-29-41/h40-42H,1-34H2. The predicted octanol–water partition coefficient (Wildman–Crippen LogP) is 5.80. The second-order valence-electron chi connectivity index (χ2n) is 13.0. The highest BCUT2D eigenvalue weighted by molar-refractivity contribution is 5.70. The number of carbonyl (C=O) groups excluding carboxylic acids is 4. The van der Waals surface area contributed by atoms with Crippen LogP contribution in [0.3, 0.4) is 0 Å². The summed E-state index contributed by atoms with van der Waals surface area (Å²) in [7, 11) is 0. The lowest BCUT2D eigenvalue weighted by Crippen LogP contribution is -2.31. The maximum atomic E-state index is 12.3. The fraction of sp³-hybridized carbons (Fsp3) is 0.895. The van der Waals surface area contributed by atoms with E-state index in [2.05, 4.69) is 0 Å². The van der Waals surface area contributed by atoms with Gasteiger partial charge in [0.25, 0.3) is 0 Å². The third kappa shape index (κ3) is 35.5. The molecular weight excluding hydrogens is 646 g/mol. The van der Waals surface area contributed by atoms with Crippen LogP contribution >= 0.6 is 0 Å². The number of esters is 4. The van der Waals surface area contributed by atoms with Crippen molar-refractivity contribution in [3.05, 3.63) is 0 Å². The number of hydrogen-bond acceptors (Lipinski definition) is 12. The monoisotopic (exact) mass is 718 g/mol. The van der Waals surface area contributed by atoms with E-state index in [1.165, 1.54) is 0 Å². The van der Waals surface area contributed by atoms with Gasteiger partial charge in [-0.25, -0.2) is 0 Å². The lowest BCUT2D eigenvalue weighted by atomic mass is 10.1. The van der Waals surface area contributed by atoms with Crippen LogP contribution in [0.25, 0.3) is 0 Å². The summed E-state index contributed by atoms with van der Waals surface area (Å²) in [6.45, 7) is 3.26. The lowest BCUT2D eigenvalue weighted by molar-refractivity contribution is -0.147. The first-order valence-electron chi connectivity index (χ1n) is 19.6. The van der Waals surface area contributed by atoms with Gasteiger partial charge in [0.05, 0.1) is 39.3 Å². The van der Waals surface area contributed by atoms with Gasteiger partial charge in [-0.15, -0.1) is 0 Å². The minimum Gasteiger partial charge on any atom is -0.466 e. The molecule has 0 aliphatic carbocycles. The number of hydrogen-bond donors (Lipinski definition) is 3. The number of nitrogens with zero attached hydrogens (tertiary/aromatic N) is 1. The molecule has 0 aromatic carbocycles. The second kappa shape index (κ2) is 38.0. The Balaban J connectivity index is 3.90. The minimum atomic E-state index is -0.320. The average Bonchev–Trinajstić information content (AvgIpc) is 3.11. The van der Waals surface area contributed by atoms with Gasteiger partial charge < -0.3 is 39.2 Å². The van der Waals surface area contributed by atoms with E-state index < -0.39 is 0 Å². The molecule has 3 N–H and O–H groups in total. The summed E-state index contributed by atoms with van der Waals surface area (Å²) >= 11 is 0. The molecule has 0 aliphatic heterocycles. The first-order valence-corrected chi connectivity index (χ1v) is 19.6. The van der Waals surface area contributed by atoms with Crippen LogP contribution in [0, 0.1) is 0 Å². The zero-order valence-electron chi connectivity index (χ0n) is 31.1. The predicted molar refractivity (Wildman–Crippen MR) is 192 cm³/mol. The smallest absolute Gasteiger partial charge is 0.307 e. The summed E-state index contributed by atoms with van der Waals surface area (Å²) in [5, 5.41) is 26.7. The van der Waals surface area contributed by atoms with Crippen LogP contribution in [0.2, 0.25) is 0 Å². The molecule has 0 aromatic rings. The molecule has 0 aromatic heterocycles. The van der Waals surface area contributed by atoms with Gasteiger partial charge in [0.1, 0.15) is 0 Å². The SMILES string of the molecule is O=C(CCCCCCCCCO)OCCCCOC(=O)CCN(CCCCO)CCC(=O)OCCCCOC(=O)CCCCCCCCCO. The quantitative estimate of drug-likeness (QED) is 0.0399. The molecule has 0 amide bonds. The highest BCUT2D eigenvalue weighted by Crippen LogP contribution is 2.11. The minimum absolute atomic E-state index is 0.0853. The Labute approximate surface area is 301 Å². The van der Waals surface area contributed by atoms with Crippen LogP contribution in [-0.2, 0) is 38.1 Å². The van der Waals surface area contributed by atoms with Gasteiger partial charge in [-0.3, -0.25) is 19.2 Å². The van der Waals surface area contributed by atoms with E-state index in [1.54, 1.807) is 0 Å². The van der Waals surface area contributed by atoms with Crippen LogP contribution in [-0.4, -0.2) is 110 Å². The van der Waals surface area contributed by atoms with Crippen LogP contribution in [0.4, 0.5) is 0 Å². The maximum absolute atomic E-state index is 12.3. The topological polar surface area (TPSA) is 169 Å². The molecule has 0 bridgehead atoms. The lowest BCUT2D eigenvalue weighted by Gasteiger charge is -2.21. The number of carbonyl (C=O) groups is 4. The second-order valence-corrected chi connectivity index (χ2v) is 13.0. The number of aliphatic hydroxyl groups is 3. The van der Waals surface area contributed by atoms with E-state index in [1.807, 2.05) is 4.90 Å². The fourth-order valence-electron chi connectivity index (χ4n) is 5.25. The summed E-state index contributed by atoms with van der Waals surface area (Å²) in [6.07, 6.45) is 19.2. The molecule has 0 rings (SSSR count). The fourth-order valence-corrected chi connectivity index (χ4v) is 5.25. The molecule has 0 fully saturated rings. The van der Waals surface area contributed by atoms with Gasteiger partial charge in [-0.2, -0.15) is 0 Å². The number of rotatable bonds is 38. The first-order chi connectivity index (χ1) is 24.4. The molecule has 0 heterocycles. The number of ether oxygens (including phenoxy) is 4. The Morgan fingerprint density at radius 3 is 0.940 bits per heavy atom. The largest absolute Gasteiger partial charge is 0.466 e. The molecule has 0 spiro atoms. The molecule has 50 heavy (non-hydrogen) atoms. The molecule has 0 atom stereocenters. The van der Waals surface area contributed by atoms with Gasteiger partial charge in [0.2, 0.25) is 0 Å². The zero-order valence-corrected chi connectivity index (χ0v) is 31.1. The summed E-state index contributed by atoms with van der Waals surface area (Å²) in [4.78, 5) is 50.3. The van der Waals surface area contributed by atoms with Gasteiger partial charge in [-0.05, 0) is 70.8 Å². The van der Waals surface area contributed by atoms with Crippen molar-refractivity contribution in [2.45, 2.75) is 154 Å². The Kier molecular flexibility index (Phi) is 36.2. The molecule has 0 aliphatic rings. The van der Waals surface area contributed by atoms with E-state index >= 15 is 0 Å². The van der Waals surface area contributed by atoms with Crippen molar-refractivity contribution in [3.8, 4) is 0 Å². The summed E-state index contributed by atoms with van der Waals surface area (Å²) < 4.78 is 21.2. The molecule has 0 saturated heterocycles. The highest BCUT2D eigenvalue weighted by atomic mass is 16.5. The van der Waals surface area contributed by atoms with Crippen molar-refractivity contribution in [3.63, 3.8) is 0 Å². The summed E-state index contributed by atoms with van der Waals surface area (Å²) in [5.41, 5.74) is 0. The van der Waals surface area contributed by atoms with Crippen LogP contribution in [0.15, 0.2) is 0 Å². The Hall–Kier alpha value is -2.28. The normalized spacial score (nSPS) is 11.1. The van der Waals surface area contributed by atoms with Gasteiger partial charge >= 0.3 is 23.9 Å². The zero-order chi connectivity index (χ0) is 36.8. The number of unbranched alkanes of at least 4 members (excludes halogenated alkanes) is 15. The molecule has 0 saturated carbocycles. The van der Waals surface area contributed by atoms with Crippen molar-refractivity contribution in [2.24, 2.45) is 0 Å². The molecule has 0 radical (unpaired) electrons. The van der Waals surface area contributed by atoms with Crippen LogP contribution in [0.5, 0.6) is 0 Å². The van der Waals surface area contributed by atoms with Gasteiger partial charge in [0.15, 0.2) is 0 Å². The Morgan fingerprint density at radius 1 is 0.320 bits per heavy atom. The summed E-state index contributed by atoms with van der Waals surface area (Å²) in [5.74, 6) is -1.02. The first kappa shape index (κ1) is 47.7. The third-order valence-corrected chi connectivity index (χ3v) is 8.35. The van der Waals surface area contributed by atoms with Crippen LogP contribution in [0.1, 0.15) is 154 Å². The van der Waals surface area contributed by atoms with Crippen molar-refractivity contribution >= 4 is 23.9 Å². The average molecular weight is 718 g/mol. The molecule has 0 unspecified atom stereocenters. The van der Waals surface area contributed by atoms with Crippen molar-refractivity contribution in [1.82, 2.24) is 4.90 Å². The summed E-state index contributed by atoms with van der Waals surface area (Å²) in [6, 6.07) is 0. The Morgan fingerprint density at radius 2 is 0.600 bits per heavy atom. The maximum Gasteiger partial charge on any atom is 0.307 e. The van der Waals surface area contributed by atoms with Crippen molar-refractivity contribution < 1.29 is 53.4 Å². The third-order valence-electron chi connectivity index (χ3n) is 8.35. The van der Waals surface area contributed by atoms with E-state index in [0.29, 0.717) is 77.8 Å². The molecule has 294 valence electrons. The molecule has 12 heteroatoms. The highest BCUT2D eigenvalue weighted by Gasteiger charge is 2.13. The van der Waals surface area contributed by atoms with E-state index in [9.17, 15) is 19.2 Å². The molecule has 12 nitrogen and oxygen atoms in total. The Bertz CT molecular complexity index is 752. The van der Waals surface area contributed by atoms with Gasteiger partial charge in [0, 0.05) is 45.8 Å². The van der Waals surface area contributed by atoms with E-state index in [-0.39, 0.29) is 69.8 Å². The van der Waals surface area contributed by atoms with E-state index in [0.717, 1.165) is 96.3 Å². The van der Waals surface area contributed by atoms with Crippen molar-refractivity contribution in [2.75, 3.05) is 65.9 Å². The number of aliphatic hydroxyl groups excluding tert-OH is 3. The van der Waals surface area contributed by atoms with Crippen molar-refractivity contribution in [1.29, 1.82) is 0 Å². The van der Waals surface area contributed by atoms with Gasteiger partial charge in [-0.1, -0.05) is 64.2 Å². The molecular formula is C38H71NO11. The van der Waals surface area contributed by atoms with E-state index in [4.69, 9.17) is 34.3 Å².